The van der Waals surface area contributed by atoms with E-state index < -0.39 is 84.6 Å². The first kappa shape index (κ1) is 44.7. The quantitative estimate of drug-likeness (QED) is 0.0336. The summed E-state index contributed by atoms with van der Waals surface area (Å²) in [4.78, 5) is 86.4. The largest absolute Gasteiger partial charge is 0.481 e. The van der Waals surface area contributed by atoms with Crippen molar-refractivity contribution in [2.24, 2.45) is 5.41 Å². The van der Waals surface area contributed by atoms with Crippen molar-refractivity contribution < 1.29 is 80.5 Å². The molecule has 1 aliphatic rings. The van der Waals surface area contributed by atoms with Crippen molar-refractivity contribution in [3.8, 4) is 0 Å². The van der Waals surface area contributed by atoms with Gasteiger partial charge in [-0.25, -0.2) is 28.6 Å². The van der Waals surface area contributed by atoms with Gasteiger partial charge in [-0.3, -0.25) is 32.5 Å². The number of aliphatic hydroxyl groups is 2. The van der Waals surface area contributed by atoms with Crippen LogP contribution in [0.4, 0.5) is 5.82 Å². The Labute approximate surface area is 312 Å². The number of carbonyl (C=O) groups is 3. The summed E-state index contributed by atoms with van der Waals surface area (Å²) in [7, 11) is -16.4. The summed E-state index contributed by atoms with van der Waals surface area (Å²) < 4.78 is 62.2. The predicted octanol–water partition coefficient (Wildman–Crippen LogP) is -0.900. The maximum absolute atomic E-state index is 12.6. The van der Waals surface area contributed by atoms with Crippen molar-refractivity contribution in [3.63, 3.8) is 0 Å². The first-order valence-corrected chi connectivity index (χ1v) is 21.7. The zero-order chi connectivity index (χ0) is 39.1. The summed E-state index contributed by atoms with van der Waals surface area (Å²) in [6, 6.07) is 0. The Kier molecular flexibility index (Phi) is 16.1. The summed E-state index contributed by atoms with van der Waals surface area (Å²) in [6.45, 7) is 0.524. The summed E-state index contributed by atoms with van der Waals surface area (Å²) in [5.41, 5.74) is 4.26. The van der Waals surface area contributed by atoms with Gasteiger partial charge in [0.2, 0.25) is 11.8 Å². The Hall–Kier alpha value is -1.71. The number of amides is 2. The van der Waals surface area contributed by atoms with Gasteiger partial charge in [-0.15, -0.1) is 0 Å². The van der Waals surface area contributed by atoms with Crippen LogP contribution in [0, 0.1) is 5.41 Å². The number of rotatable bonds is 20. The summed E-state index contributed by atoms with van der Waals surface area (Å²) in [6.07, 6.45) is -6.88. The monoisotopic (exact) mass is 935 g/mol. The molecule has 24 nitrogen and oxygen atoms in total. The number of aliphatic hydroxyl groups excluding tert-OH is 2. The number of anilines is 1. The van der Waals surface area contributed by atoms with Crippen LogP contribution in [0.25, 0.3) is 11.2 Å². The summed E-state index contributed by atoms with van der Waals surface area (Å²) in [5, 5.41) is 26.2. The lowest BCUT2D eigenvalue weighted by Gasteiger charge is -2.30. The number of ether oxygens (including phenoxy) is 1. The molecule has 3 heterocycles. The second-order valence-corrected chi connectivity index (χ2v) is 17.6. The Morgan fingerprint density at radius 1 is 1.10 bits per heavy atom. The number of halogens is 1. The molecule has 0 aliphatic carbocycles. The van der Waals surface area contributed by atoms with Crippen LogP contribution in [0.2, 0.25) is 0 Å². The molecule has 1 aliphatic heterocycles. The lowest BCUT2D eigenvalue weighted by atomic mass is 9.87. The van der Waals surface area contributed by atoms with Crippen LogP contribution in [0.15, 0.2) is 12.7 Å². The van der Waals surface area contributed by atoms with E-state index in [0.717, 1.165) is 29.0 Å². The molecule has 0 saturated carbocycles. The predicted molar refractivity (Wildman–Crippen MR) is 186 cm³/mol. The summed E-state index contributed by atoms with van der Waals surface area (Å²) in [5.74, 6) is -1.07. The van der Waals surface area contributed by atoms with Gasteiger partial charge < -0.3 is 50.9 Å². The fourth-order valence-corrected chi connectivity index (χ4v) is 8.33. The number of thioether (sulfide) groups is 1. The van der Waals surface area contributed by atoms with Gasteiger partial charge in [0.05, 0.1) is 24.0 Å². The van der Waals surface area contributed by atoms with Crippen LogP contribution in [0.5, 0.6) is 0 Å². The van der Waals surface area contributed by atoms with E-state index in [-0.39, 0.29) is 41.6 Å². The number of phosphoric acid groups is 3. The molecule has 2 aromatic rings. The van der Waals surface area contributed by atoms with E-state index in [9.17, 15) is 57.9 Å². The van der Waals surface area contributed by atoms with Crippen molar-refractivity contribution in [2.75, 3.05) is 42.2 Å². The molecule has 7 atom stereocenters. The Balaban J connectivity index is 1.54. The van der Waals surface area contributed by atoms with Gasteiger partial charge in [-0.1, -0.05) is 48.2 Å². The Morgan fingerprint density at radius 3 is 2.42 bits per heavy atom. The lowest BCUT2D eigenvalue weighted by molar-refractivity contribution is -0.137. The molecule has 2 aromatic heterocycles. The molecule has 2 unspecified atom stereocenters. The molecule has 52 heavy (non-hydrogen) atoms. The van der Waals surface area contributed by atoms with Gasteiger partial charge in [-0.2, -0.15) is 4.31 Å². The van der Waals surface area contributed by atoms with Gasteiger partial charge in [-0.05, 0) is 0 Å². The van der Waals surface area contributed by atoms with E-state index in [0.29, 0.717) is 10.2 Å². The third-order valence-corrected chi connectivity index (χ3v) is 12.1. The molecule has 294 valence electrons. The van der Waals surface area contributed by atoms with Crippen molar-refractivity contribution in [1.82, 2.24) is 30.2 Å². The second-order valence-electron chi connectivity index (χ2n) is 11.4. The fourth-order valence-electron chi connectivity index (χ4n) is 4.33. The van der Waals surface area contributed by atoms with Crippen molar-refractivity contribution in [1.29, 1.82) is 0 Å². The molecule has 3 rings (SSSR count). The van der Waals surface area contributed by atoms with E-state index in [4.69, 9.17) is 19.5 Å². The second kappa shape index (κ2) is 18.8. The average molecular weight is 935 g/mol. The SMILES string of the molecule is CC(C)(COP(=O)(O)OP(=O)(O)OC[C@H]1O[C@@H](n2cnc3c(N)ncnc32)[C@H](O)[C@@H]1OP(=O)(O)O)[C@@H](O)C(=O)NCCC(=O)NCCSC(=O)CI. The first-order valence-electron chi connectivity index (χ1n) is 14.7. The number of aromatic nitrogens is 4. The Morgan fingerprint density at radius 2 is 1.77 bits per heavy atom. The fraction of sp³-hybridized carbons (Fsp3) is 0.652. The van der Waals surface area contributed by atoms with Gasteiger partial charge in [0.1, 0.15) is 36.3 Å². The number of phosphoric ester groups is 3. The Bertz CT molecular complexity index is 1730. The highest BCUT2D eigenvalue weighted by molar-refractivity contribution is 14.1. The summed E-state index contributed by atoms with van der Waals surface area (Å²) >= 11 is 2.98. The zero-order valence-corrected chi connectivity index (χ0v) is 32.8. The number of hydrogen-bond donors (Lipinski definition) is 9. The van der Waals surface area contributed by atoms with E-state index in [1.807, 2.05) is 22.6 Å². The smallest absolute Gasteiger partial charge is 0.386 e. The number of nitrogens with one attached hydrogen (secondary N) is 2. The molecule has 0 aromatic carbocycles. The van der Waals surface area contributed by atoms with E-state index >= 15 is 0 Å². The molecular weight excluding hydrogens is 898 g/mol. The van der Waals surface area contributed by atoms with Gasteiger partial charge in [0, 0.05) is 30.7 Å². The normalized spacial score (nSPS) is 22.4. The molecule has 2 amide bonds. The number of carbonyl (C=O) groups excluding carboxylic acids is 3. The number of nitrogens with two attached hydrogens (primary N) is 1. The van der Waals surface area contributed by atoms with E-state index in [2.05, 4.69) is 34.4 Å². The van der Waals surface area contributed by atoms with Gasteiger partial charge >= 0.3 is 23.5 Å². The molecule has 10 N–H and O–H groups in total. The molecular formula is C23H37IN7O17P3S. The van der Waals surface area contributed by atoms with Crippen molar-refractivity contribution >= 4 is 91.7 Å². The number of hydrogen-bond acceptors (Lipinski definition) is 18. The average Bonchev–Trinajstić information content (AvgIpc) is 3.60. The maximum atomic E-state index is 12.6. The number of imidazole rings is 1. The molecule has 0 spiro atoms. The van der Waals surface area contributed by atoms with Crippen LogP contribution in [0.3, 0.4) is 0 Å². The standard InChI is InChI=1S/C23H37IN7O17P3S/c1-23(2,18(35)21(36)27-4-3-13(32)26-5-6-52-14(33)7-24)9-45-51(42,43)48-50(40,41)44-8-12-17(47-49(37,38)39)16(34)22(46-12)31-11-30-15-19(25)28-10-29-20(15)31/h10-12,16-18,22,34-35H,3-9H2,1-2H3,(H,26,32)(H,27,36)(H,40,41)(H,42,43)(H2,25,28,29)(H2,37,38,39)/t12-,16-,17-,18+,22-/m1/s1. The highest BCUT2D eigenvalue weighted by Gasteiger charge is 2.50. The minimum Gasteiger partial charge on any atom is -0.386 e. The molecule has 1 saturated heterocycles. The van der Waals surface area contributed by atoms with Gasteiger partial charge in [0.15, 0.2) is 22.8 Å². The molecule has 0 radical (unpaired) electrons. The van der Waals surface area contributed by atoms with Crippen LogP contribution < -0.4 is 16.4 Å². The van der Waals surface area contributed by atoms with Crippen molar-refractivity contribution in [3.05, 3.63) is 12.7 Å². The molecule has 29 heteroatoms. The third kappa shape index (κ3) is 13.2. The highest BCUT2D eigenvalue weighted by Crippen LogP contribution is 2.61. The number of nitrogens with zero attached hydrogens (tertiary/aromatic N) is 4. The zero-order valence-electron chi connectivity index (χ0n) is 27.2. The van der Waals surface area contributed by atoms with E-state index in [1.54, 1.807) is 0 Å². The molecule has 0 bridgehead atoms. The number of alkyl halides is 1. The minimum absolute atomic E-state index is 0.0311. The molecule has 1 fully saturated rings. The maximum Gasteiger partial charge on any atom is 0.481 e. The minimum atomic E-state index is -5.56. The highest BCUT2D eigenvalue weighted by atomic mass is 127. The van der Waals surface area contributed by atoms with Gasteiger partial charge in [0.25, 0.3) is 0 Å². The van der Waals surface area contributed by atoms with Crippen LogP contribution in [0.1, 0.15) is 26.5 Å². The topological polar surface area (TPSA) is 364 Å². The van der Waals surface area contributed by atoms with Crippen LogP contribution in [-0.2, 0) is 50.7 Å². The van der Waals surface area contributed by atoms with Crippen LogP contribution >= 0.6 is 57.8 Å². The first-order chi connectivity index (χ1) is 24.1. The number of fused-ring (bicyclic) bond motifs is 1. The number of nitrogen functional groups attached to an aromatic ring is 1. The van der Waals surface area contributed by atoms with E-state index in [1.165, 1.54) is 13.8 Å². The lowest BCUT2D eigenvalue weighted by Crippen LogP contribution is -2.46. The third-order valence-electron chi connectivity index (χ3n) is 6.87. The van der Waals surface area contributed by atoms with Crippen LogP contribution in [-0.4, -0.2) is 127 Å². The van der Waals surface area contributed by atoms with Crippen molar-refractivity contribution in [2.45, 2.75) is 50.9 Å².